The molecule has 5 heteroatoms. The number of aromatic nitrogens is 5. The van der Waals surface area contributed by atoms with Crippen molar-refractivity contribution in [2.45, 2.75) is 19.3 Å². The van der Waals surface area contributed by atoms with Crippen molar-refractivity contribution in [3.63, 3.8) is 0 Å². The molecular weight excluding hydrogens is 1760 g/mol. The van der Waals surface area contributed by atoms with Crippen molar-refractivity contribution in [1.82, 2.24) is 22.8 Å². The zero-order chi connectivity index (χ0) is 96.1. The van der Waals surface area contributed by atoms with Crippen molar-refractivity contribution in [3.05, 3.63) is 527 Å². The van der Waals surface area contributed by atoms with Crippen molar-refractivity contribution >= 4 is 206 Å². The first-order valence-electron chi connectivity index (χ1n) is 50.7. The second kappa shape index (κ2) is 32.6. The quantitative estimate of drug-likeness (QED) is 0.136. The Balaban J connectivity index is 0.000000102. The smallest absolute Gasteiger partial charge is 0.0542 e. The molecule has 0 saturated heterocycles. The number of rotatable bonds is 8. The van der Waals surface area contributed by atoms with Gasteiger partial charge in [-0.05, 0) is 310 Å². The van der Waals surface area contributed by atoms with Crippen molar-refractivity contribution < 1.29 is 0 Å². The predicted molar refractivity (Wildman–Crippen MR) is 622 cm³/mol. The summed E-state index contributed by atoms with van der Waals surface area (Å²) in [4.78, 5) is 0. The standard InChI is InChI=1S/2C48H30N2.C45H31N/c1-2-13-37-35(11-1)36-12-3-4-14-38(36)43-29-31(21-27-39(37)43)32-22-28-48-44(30-32)42-17-7-10-20-47(42)50(48)34-25-23-33(24-26-34)49-45-18-8-5-15-40(45)41-16-6-9-19-46(41)49;1-2-12-33(13-3-1)49-45-20-10-9-19-41(45)44-30-34(24-27-48(44)49)50-46-21-11-8-18-40(46)43-29-32(23-26-47(43)50)31-22-25-39-37-16-5-4-14-35(37)36-15-6-7-17-38(36)42(39)28-31;1-45(2)41-17-9-7-15-36(41)39-27-30(21-23-42(39)45)46-43-18-10-8-16-37(43)40-26-29(20-24-44(40)46)28-19-22-35-33-13-4-3-11-31(33)32-12-5-6-14-34(32)38(35)25-28/h2*1-30H;3-27H,1-2H3. The van der Waals surface area contributed by atoms with E-state index in [0.29, 0.717) is 0 Å². The number of fused-ring (bicyclic) bond motifs is 36. The monoisotopic (exact) mass is 1850 g/mol. The molecule has 0 bridgehead atoms. The predicted octanol–water partition coefficient (Wildman–Crippen LogP) is 38.2. The highest BCUT2D eigenvalue weighted by Crippen LogP contribution is 2.52. The van der Waals surface area contributed by atoms with Gasteiger partial charge in [0.15, 0.2) is 0 Å². The number of hydrogen-bond donors (Lipinski definition) is 0. The average Bonchev–Trinajstić information content (AvgIpc) is 1.50. The van der Waals surface area contributed by atoms with Gasteiger partial charge in [0, 0.05) is 87.7 Å². The maximum Gasteiger partial charge on any atom is 0.0542 e. The van der Waals surface area contributed by atoms with Gasteiger partial charge in [-0.15, -0.1) is 0 Å². The summed E-state index contributed by atoms with van der Waals surface area (Å²) in [6, 6.07) is 190. The summed E-state index contributed by atoms with van der Waals surface area (Å²) in [7, 11) is 0. The van der Waals surface area contributed by atoms with E-state index >= 15 is 0 Å². The third kappa shape index (κ3) is 12.7. The van der Waals surface area contributed by atoms with Crippen molar-refractivity contribution in [3.8, 4) is 72.9 Å². The molecule has 32 rings (SSSR count). The van der Waals surface area contributed by atoms with Crippen LogP contribution in [0.5, 0.6) is 0 Å². The summed E-state index contributed by atoms with van der Waals surface area (Å²) < 4.78 is 12.0. The molecule has 0 unspecified atom stereocenters. The van der Waals surface area contributed by atoms with Gasteiger partial charge in [0.05, 0.1) is 55.2 Å². The Morgan fingerprint density at radius 2 is 0.308 bits per heavy atom. The molecule has 5 aromatic heterocycles. The largest absolute Gasteiger partial charge is 0.309 e. The molecule has 26 aromatic carbocycles. The fraction of sp³-hybridized carbons (Fsp3) is 0.0213. The van der Waals surface area contributed by atoms with Gasteiger partial charge < -0.3 is 22.8 Å². The first-order chi connectivity index (χ1) is 72.2. The summed E-state index contributed by atoms with van der Waals surface area (Å²) in [5, 5.41) is 36.1. The minimum Gasteiger partial charge on any atom is -0.309 e. The second-order valence-corrected chi connectivity index (χ2v) is 40.0. The van der Waals surface area contributed by atoms with Crippen LogP contribution in [-0.2, 0) is 5.41 Å². The van der Waals surface area contributed by atoms with E-state index in [2.05, 4.69) is 552 Å². The lowest BCUT2D eigenvalue weighted by atomic mass is 9.82. The Bertz CT molecular complexity index is 10800. The molecule has 5 heterocycles. The summed E-state index contributed by atoms with van der Waals surface area (Å²) in [5.41, 5.74) is 30.9. The number of para-hydroxylation sites is 7. The van der Waals surface area contributed by atoms with Crippen LogP contribution < -0.4 is 0 Å². The van der Waals surface area contributed by atoms with Crippen LogP contribution in [0.2, 0.25) is 0 Å². The molecule has 1 aliphatic carbocycles. The SMILES string of the molecule is CC1(C)c2ccccc2-c2cc(-n3c4ccccc4c4cc(-c5ccc6c7ccccc7c7ccccc7c6c5)ccc43)ccc21.c1ccc(-n2c3ccccc3c3cc(-n4c5ccccc5c5cc(-c6ccc7c8ccccc8c8ccccc8c7c6)ccc54)ccc32)cc1.c1ccc2c(c1)c1ccccc1c1cc(-c3ccc4c(c3)c3ccccc3n4-c3ccc(-n4c5ccccc5c5ccccc54)cc3)ccc21. The average molecular weight is 1860 g/mol. The third-order valence-corrected chi connectivity index (χ3v) is 32.0. The fourth-order valence-electron chi connectivity index (χ4n) is 25.3. The van der Waals surface area contributed by atoms with Gasteiger partial charge in [-0.1, -0.05) is 372 Å². The molecular formula is C141H91N5. The van der Waals surface area contributed by atoms with Crippen LogP contribution in [0.25, 0.3) is 279 Å². The van der Waals surface area contributed by atoms with Crippen molar-refractivity contribution in [2.24, 2.45) is 0 Å². The second-order valence-electron chi connectivity index (χ2n) is 40.0. The van der Waals surface area contributed by atoms with E-state index in [4.69, 9.17) is 0 Å². The molecule has 0 saturated carbocycles. The molecule has 5 nitrogen and oxygen atoms in total. The summed E-state index contributed by atoms with van der Waals surface area (Å²) in [5.74, 6) is 0. The Morgan fingerprint density at radius 3 is 0.630 bits per heavy atom. The molecule has 1 aliphatic rings. The Labute approximate surface area is 841 Å². The van der Waals surface area contributed by atoms with Gasteiger partial charge in [-0.25, -0.2) is 0 Å². The lowest BCUT2D eigenvalue weighted by Gasteiger charge is -2.21. The number of hydrogen-bond acceptors (Lipinski definition) is 0. The lowest BCUT2D eigenvalue weighted by Crippen LogP contribution is -2.14. The highest BCUT2D eigenvalue weighted by molar-refractivity contribution is 6.30. The third-order valence-electron chi connectivity index (χ3n) is 32.0. The van der Waals surface area contributed by atoms with Crippen LogP contribution in [-0.4, -0.2) is 22.8 Å². The first-order valence-corrected chi connectivity index (χ1v) is 50.7. The van der Waals surface area contributed by atoms with Crippen LogP contribution >= 0.6 is 0 Å². The number of benzene rings is 26. The van der Waals surface area contributed by atoms with Crippen LogP contribution in [0.4, 0.5) is 0 Å². The van der Waals surface area contributed by atoms with Crippen molar-refractivity contribution in [1.29, 1.82) is 0 Å². The fourth-order valence-corrected chi connectivity index (χ4v) is 25.3. The number of nitrogens with zero attached hydrogens (tertiary/aromatic N) is 5. The summed E-state index contributed by atoms with van der Waals surface area (Å²) in [6.45, 7) is 4.69. The van der Waals surface area contributed by atoms with E-state index in [-0.39, 0.29) is 5.41 Å². The molecule has 146 heavy (non-hydrogen) atoms. The van der Waals surface area contributed by atoms with E-state index in [0.717, 1.165) is 17.1 Å². The van der Waals surface area contributed by atoms with Crippen LogP contribution in [0, 0.1) is 0 Å². The van der Waals surface area contributed by atoms with Gasteiger partial charge in [0.1, 0.15) is 0 Å². The Hall–Kier alpha value is -18.9. The van der Waals surface area contributed by atoms with Gasteiger partial charge in [0.25, 0.3) is 0 Å². The van der Waals surface area contributed by atoms with E-state index in [1.54, 1.807) is 0 Å². The zero-order valence-corrected chi connectivity index (χ0v) is 80.3. The van der Waals surface area contributed by atoms with E-state index in [1.165, 1.54) is 273 Å². The van der Waals surface area contributed by atoms with Crippen molar-refractivity contribution in [2.75, 3.05) is 0 Å². The molecule has 0 aliphatic heterocycles. The topological polar surface area (TPSA) is 24.6 Å². The van der Waals surface area contributed by atoms with E-state index in [9.17, 15) is 0 Å². The maximum atomic E-state index is 2.45. The van der Waals surface area contributed by atoms with E-state index in [1.807, 2.05) is 0 Å². The summed E-state index contributed by atoms with van der Waals surface area (Å²) in [6.07, 6.45) is 0. The van der Waals surface area contributed by atoms with Gasteiger partial charge in [-0.2, -0.15) is 0 Å². The zero-order valence-electron chi connectivity index (χ0n) is 80.3. The molecule has 0 fully saturated rings. The minimum atomic E-state index is -0.00233. The van der Waals surface area contributed by atoms with Crippen LogP contribution in [0.1, 0.15) is 25.0 Å². The highest BCUT2D eigenvalue weighted by Gasteiger charge is 2.36. The Kier molecular flexibility index (Phi) is 18.5. The molecule has 0 atom stereocenters. The van der Waals surface area contributed by atoms with Gasteiger partial charge >= 0.3 is 0 Å². The molecule has 680 valence electrons. The lowest BCUT2D eigenvalue weighted by molar-refractivity contribution is 0.660. The Morgan fingerprint density at radius 1 is 0.116 bits per heavy atom. The maximum absolute atomic E-state index is 2.45. The highest BCUT2D eigenvalue weighted by atomic mass is 15.0. The van der Waals surface area contributed by atoms with Crippen LogP contribution in [0.3, 0.4) is 0 Å². The van der Waals surface area contributed by atoms with Crippen LogP contribution in [0.15, 0.2) is 516 Å². The normalized spacial score (nSPS) is 12.5. The van der Waals surface area contributed by atoms with Gasteiger partial charge in [0.2, 0.25) is 0 Å². The first kappa shape index (κ1) is 82.9. The molecule has 0 N–H and O–H groups in total. The molecule has 0 spiro atoms. The van der Waals surface area contributed by atoms with Gasteiger partial charge in [-0.3, -0.25) is 0 Å². The minimum absolute atomic E-state index is 0.00233. The summed E-state index contributed by atoms with van der Waals surface area (Å²) >= 11 is 0. The van der Waals surface area contributed by atoms with E-state index < -0.39 is 0 Å². The molecule has 0 amide bonds. The molecule has 0 radical (unpaired) electrons. The molecule has 31 aromatic rings.